The van der Waals surface area contributed by atoms with Crippen molar-refractivity contribution in [1.29, 1.82) is 0 Å². The molecule has 1 unspecified atom stereocenters. The van der Waals surface area contributed by atoms with Gasteiger partial charge in [0.25, 0.3) is 6.10 Å². The van der Waals surface area contributed by atoms with Gasteiger partial charge in [-0.1, -0.05) is 48.0 Å². The highest BCUT2D eigenvalue weighted by Crippen LogP contribution is 2.46. The summed E-state index contributed by atoms with van der Waals surface area (Å²) >= 11 is 6.34. The number of rotatable bonds is 10. The van der Waals surface area contributed by atoms with Crippen molar-refractivity contribution < 1.29 is 50.1 Å². The molecule has 1 amide bonds. The molecule has 2 heterocycles. The third kappa shape index (κ3) is 9.93. The number of hydrogen-bond acceptors (Lipinski definition) is 6. The molecule has 0 saturated carbocycles. The minimum atomic E-state index is -5.78. The lowest BCUT2D eigenvalue weighted by atomic mass is 9.82. The number of carbonyl (C=O) groups excluding carboxylic acids is 2. The Labute approximate surface area is 281 Å². The number of piperidine rings is 1. The molecule has 0 bridgehead atoms. The molecule has 7 nitrogen and oxygen atoms in total. The first kappa shape index (κ1) is 37.6. The third-order valence-electron chi connectivity index (χ3n) is 8.62. The summed E-state index contributed by atoms with van der Waals surface area (Å²) in [5, 5.41) is 0.479. The van der Waals surface area contributed by atoms with Gasteiger partial charge in [0, 0.05) is 36.1 Å². The Morgan fingerprint density at radius 3 is 2.17 bits per heavy atom. The van der Waals surface area contributed by atoms with Gasteiger partial charge in [-0.05, 0) is 89.1 Å². The molecule has 0 N–H and O–H groups in total. The van der Waals surface area contributed by atoms with E-state index in [2.05, 4.69) is 9.64 Å². The molecular weight excluding hydrogens is 666 g/mol. The van der Waals surface area contributed by atoms with Crippen molar-refractivity contribution in [1.82, 2.24) is 9.80 Å². The summed E-state index contributed by atoms with van der Waals surface area (Å²) in [7, 11) is 0. The monoisotopic (exact) mass is 706 g/mol. The van der Waals surface area contributed by atoms with Crippen LogP contribution in [0.3, 0.4) is 0 Å². The van der Waals surface area contributed by atoms with Crippen LogP contribution in [0.2, 0.25) is 5.02 Å². The number of halogens is 7. The second-order valence-electron chi connectivity index (χ2n) is 13.3. The molecule has 0 aliphatic carbocycles. The van der Waals surface area contributed by atoms with Gasteiger partial charge >= 0.3 is 24.4 Å². The second kappa shape index (κ2) is 15.1. The van der Waals surface area contributed by atoms with E-state index < -0.39 is 35.7 Å². The Kier molecular flexibility index (Phi) is 11.9. The van der Waals surface area contributed by atoms with Crippen LogP contribution in [0, 0.1) is 0 Å². The van der Waals surface area contributed by atoms with Crippen LogP contribution in [0.1, 0.15) is 76.5 Å². The van der Waals surface area contributed by atoms with Gasteiger partial charge in [-0.25, -0.2) is 4.79 Å². The highest BCUT2D eigenvalue weighted by Gasteiger charge is 2.60. The largest absolute Gasteiger partial charge is 0.493 e. The summed E-state index contributed by atoms with van der Waals surface area (Å²) in [5.41, 5.74) is 0.871. The van der Waals surface area contributed by atoms with Gasteiger partial charge in [-0.3, -0.25) is 9.69 Å². The number of carbonyl (C=O) groups is 2. The molecule has 4 rings (SSSR count). The minimum Gasteiger partial charge on any atom is -0.493 e. The molecule has 2 saturated heterocycles. The van der Waals surface area contributed by atoms with E-state index in [1.165, 1.54) is 0 Å². The predicted octanol–water partition coefficient (Wildman–Crippen LogP) is 8.68. The maximum absolute atomic E-state index is 13.0. The Hall–Kier alpha value is -3.19. The number of nitrogens with zero attached hydrogens (tertiary/aromatic N) is 2. The molecule has 2 aromatic carbocycles. The summed E-state index contributed by atoms with van der Waals surface area (Å²) in [6.45, 7) is 6.26. The van der Waals surface area contributed by atoms with Crippen LogP contribution >= 0.6 is 11.6 Å². The molecular formula is C34H41ClF6N2O5. The summed E-state index contributed by atoms with van der Waals surface area (Å²) in [4.78, 5) is 27.9. The number of benzene rings is 2. The van der Waals surface area contributed by atoms with E-state index in [4.69, 9.17) is 21.1 Å². The van der Waals surface area contributed by atoms with Crippen molar-refractivity contribution in [2.24, 2.45) is 0 Å². The topological polar surface area (TPSA) is 68.3 Å². The van der Waals surface area contributed by atoms with Gasteiger partial charge < -0.3 is 19.1 Å². The molecule has 1 atom stereocenters. The maximum atomic E-state index is 13.0. The van der Waals surface area contributed by atoms with Crippen LogP contribution in [-0.2, 0) is 20.7 Å². The maximum Gasteiger partial charge on any atom is 0.434 e. The first-order valence-corrected chi connectivity index (χ1v) is 16.3. The van der Waals surface area contributed by atoms with Gasteiger partial charge in [0.15, 0.2) is 0 Å². The Morgan fingerprint density at radius 1 is 0.917 bits per heavy atom. The van der Waals surface area contributed by atoms with E-state index in [0.29, 0.717) is 43.0 Å². The predicted molar refractivity (Wildman–Crippen MR) is 167 cm³/mol. The quantitative estimate of drug-likeness (QED) is 0.140. The average Bonchev–Trinajstić information content (AvgIpc) is 3.38. The molecule has 0 radical (unpaired) electrons. The molecule has 266 valence electrons. The smallest absolute Gasteiger partial charge is 0.434 e. The van der Waals surface area contributed by atoms with E-state index in [0.717, 1.165) is 28.9 Å². The Morgan fingerprint density at radius 2 is 1.56 bits per heavy atom. The molecule has 0 aromatic heterocycles. The van der Waals surface area contributed by atoms with Gasteiger partial charge in [0.2, 0.25) is 0 Å². The number of ether oxygens (including phenoxy) is 3. The standard InChI is InChI=1S/C34H41ClF6N2O5/c1-31(2,3)48-28(44)11-7-20-46-27-22-25(35)13-12-24(27)21-26(23-9-5-4-6-10-23)43-17-8-14-32(43)15-18-42(19-16-32)30(45)47-29(33(36,37)38)34(39,40)41/h4-6,9-10,12-13,22,26,29H,7-8,11,14-21H2,1-3H3. The zero-order chi connectivity index (χ0) is 35.3. The van der Waals surface area contributed by atoms with E-state index in [-0.39, 0.29) is 38.1 Å². The zero-order valence-corrected chi connectivity index (χ0v) is 27.9. The fourth-order valence-corrected chi connectivity index (χ4v) is 6.66. The normalized spacial score (nSPS) is 17.9. The number of likely N-dealkylation sites (tertiary alicyclic amines) is 2. The second-order valence-corrected chi connectivity index (χ2v) is 13.7. The first-order valence-electron chi connectivity index (χ1n) is 15.9. The Bertz CT molecular complexity index is 1380. The van der Waals surface area contributed by atoms with E-state index in [1.54, 1.807) is 32.9 Å². The van der Waals surface area contributed by atoms with Crippen molar-refractivity contribution in [3.8, 4) is 5.75 Å². The molecule has 2 aliphatic rings. The lowest BCUT2D eigenvalue weighted by molar-refractivity contribution is -0.308. The van der Waals surface area contributed by atoms with Gasteiger partial charge in [-0.15, -0.1) is 0 Å². The van der Waals surface area contributed by atoms with Crippen LogP contribution < -0.4 is 4.74 Å². The van der Waals surface area contributed by atoms with Crippen LogP contribution in [0.15, 0.2) is 48.5 Å². The minimum absolute atomic E-state index is 0.0494. The summed E-state index contributed by atoms with van der Waals surface area (Å²) in [5.74, 6) is 0.253. The van der Waals surface area contributed by atoms with Crippen molar-refractivity contribution in [2.75, 3.05) is 26.2 Å². The van der Waals surface area contributed by atoms with Gasteiger partial charge in [-0.2, -0.15) is 26.3 Å². The molecule has 1 spiro atoms. The van der Waals surface area contributed by atoms with E-state index in [1.807, 2.05) is 36.4 Å². The molecule has 48 heavy (non-hydrogen) atoms. The van der Waals surface area contributed by atoms with Crippen molar-refractivity contribution in [3.63, 3.8) is 0 Å². The number of amides is 1. The molecule has 2 fully saturated rings. The number of hydrogen-bond donors (Lipinski definition) is 0. The van der Waals surface area contributed by atoms with Crippen LogP contribution in [0.5, 0.6) is 5.75 Å². The van der Waals surface area contributed by atoms with Gasteiger partial charge in [0.05, 0.1) is 6.61 Å². The average molecular weight is 707 g/mol. The number of esters is 1. The van der Waals surface area contributed by atoms with Crippen molar-refractivity contribution in [3.05, 3.63) is 64.7 Å². The van der Waals surface area contributed by atoms with Gasteiger partial charge in [0.1, 0.15) is 11.4 Å². The summed E-state index contributed by atoms with van der Waals surface area (Å²) in [6, 6.07) is 15.0. The summed E-state index contributed by atoms with van der Waals surface area (Å²) in [6.07, 6.45) is -14.0. The van der Waals surface area contributed by atoms with Crippen molar-refractivity contribution >= 4 is 23.7 Å². The molecule has 2 aromatic rings. The lowest BCUT2D eigenvalue weighted by Gasteiger charge is -2.48. The van der Waals surface area contributed by atoms with E-state index >= 15 is 0 Å². The third-order valence-corrected chi connectivity index (χ3v) is 8.86. The molecule has 14 heteroatoms. The highest BCUT2D eigenvalue weighted by molar-refractivity contribution is 6.30. The summed E-state index contributed by atoms with van der Waals surface area (Å²) < 4.78 is 93.6. The molecule has 2 aliphatic heterocycles. The van der Waals surface area contributed by atoms with Crippen molar-refractivity contribution in [2.45, 2.75) is 101 Å². The van der Waals surface area contributed by atoms with Crippen LogP contribution in [-0.4, -0.2) is 77.7 Å². The lowest BCUT2D eigenvalue weighted by Crippen LogP contribution is -2.55. The van der Waals surface area contributed by atoms with Crippen LogP contribution in [0.4, 0.5) is 31.1 Å². The van der Waals surface area contributed by atoms with E-state index in [9.17, 15) is 35.9 Å². The highest BCUT2D eigenvalue weighted by atomic mass is 35.5. The SMILES string of the molecule is CC(C)(C)OC(=O)CCCOc1cc(Cl)ccc1CC(c1ccccc1)N1CCCC12CCN(C(=O)OC(C(F)(F)F)C(F)(F)F)CC2. The fraction of sp³-hybridized carbons (Fsp3) is 0.588. The zero-order valence-electron chi connectivity index (χ0n) is 27.1. The first-order chi connectivity index (χ1) is 22.4. The number of alkyl halides is 6. The van der Waals surface area contributed by atoms with Crippen LogP contribution in [0.25, 0.3) is 0 Å². The Balaban J connectivity index is 1.49. The fourth-order valence-electron chi connectivity index (χ4n) is 6.50.